The quantitative estimate of drug-likeness (QED) is 0.650. The van der Waals surface area contributed by atoms with Crippen molar-refractivity contribution in [3.05, 3.63) is 59.7 Å². The Bertz CT molecular complexity index is 1140. The summed E-state index contributed by atoms with van der Waals surface area (Å²) >= 11 is 0. The van der Waals surface area contributed by atoms with Crippen LogP contribution >= 0.6 is 0 Å². The first-order valence-corrected chi connectivity index (χ1v) is 13.2. The number of sulfonamides is 1. The minimum absolute atomic E-state index is 0.106. The summed E-state index contributed by atoms with van der Waals surface area (Å²) in [4.78, 5) is 29.3. The van der Waals surface area contributed by atoms with E-state index in [4.69, 9.17) is 0 Å². The van der Waals surface area contributed by atoms with E-state index in [9.17, 15) is 18.0 Å². The Morgan fingerprint density at radius 2 is 1.62 bits per heavy atom. The van der Waals surface area contributed by atoms with Gasteiger partial charge >= 0.3 is 0 Å². The van der Waals surface area contributed by atoms with Gasteiger partial charge in [-0.15, -0.1) is 0 Å². The Hall–Kier alpha value is -2.75. The van der Waals surface area contributed by atoms with Gasteiger partial charge < -0.3 is 10.2 Å². The summed E-state index contributed by atoms with van der Waals surface area (Å²) in [5.41, 5.74) is 2.63. The van der Waals surface area contributed by atoms with E-state index in [1.807, 2.05) is 41.0 Å². The average Bonchev–Trinajstić information content (AvgIpc) is 3.37. The lowest BCUT2D eigenvalue weighted by molar-refractivity contribution is -0.132. The van der Waals surface area contributed by atoms with Gasteiger partial charge in [-0.25, -0.2) is 8.42 Å². The molecule has 1 N–H and O–H groups in total. The molecule has 2 aliphatic heterocycles. The Labute approximate surface area is 201 Å². The molecule has 2 heterocycles. The minimum Gasteiger partial charge on any atom is -0.340 e. The van der Waals surface area contributed by atoms with Crippen molar-refractivity contribution < 1.29 is 18.0 Å². The van der Waals surface area contributed by atoms with E-state index < -0.39 is 10.0 Å². The fourth-order valence-electron chi connectivity index (χ4n) is 4.45. The molecular formula is C25H32N4O4S. The molecule has 2 aliphatic rings. The van der Waals surface area contributed by atoms with Gasteiger partial charge in [-0.2, -0.15) is 4.31 Å². The number of nitrogens with zero attached hydrogens (tertiary/aromatic N) is 3. The first-order chi connectivity index (χ1) is 16.3. The number of aryl methyl sites for hydroxylation is 1. The summed E-state index contributed by atoms with van der Waals surface area (Å²) in [6.07, 6.45) is 2.14. The molecule has 0 aromatic heterocycles. The fourth-order valence-corrected chi connectivity index (χ4v) is 6.02. The van der Waals surface area contributed by atoms with E-state index in [1.54, 1.807) is 18.2 Å². The Kier molecular flexibility index (Phi) is 7.65. The van der Waals surface area contributed by atoms with Gasteiger partial charge in [-0.05, 0) is 49.1 Å². The highest BCUT2D eigenvalue weighted by atomic mass is 32.2. The molecule has 2 saturated heterocycles. The number of amides is 2. The van der Waals surface area contributed by atoms with E-state index >= 15 is 0 Å². The maximum Gasteiger partial charge on any atom is 0.243 e. The average molecular weight is 485 g/mol. The van der Waals surface area contributed by atoms with Crippen molar-refractivity contribution in [2.45, 2.75) is 31.1 Å². The van der Waals surface area contributed by atoms with Crippen molar-refractivity contribution in [1.82, 2.24) is 14.1 Å². The van der Waals surface area contributed by atoms with Gasteiger partial charge in [-0.1, -0.05) is 30.3 Å². The molecule has 0 saturated carbocycles. The van der Waals surface area contributed by atoms with Gasteiger partial charge in [0.25, 0.3) is 0 Å². The third-order valence-electron chi connectivity index (χ3n) is 6.52. The Morgan fingerprint density at radius 1 is 0.912 bits per heavy atom. The van der Waals surface area contributed by atoms with Crippen LogP contribution in [0.25, 0.3) is 0 Å². The van der Waals surface area contributed by atoms with Crippen LogP contribution in [0.4, 0.5) is 5.69 Å². The van der Waals surface area contributed by atoms with Gasteiger partial charge in [0, 0.05) is 45.0 Å². The van der Waals surface area contributed by atoms with Crippen molar-refractivity contribution in [2.24, 2.45) is 0 Å². The lowest BCUT2D eigenvalue weighted by Gasteiger charge is -2.34. The molecule has 0 aliphatic carbocycles. The monoisotopic (exact) mass is 484 g/mol. The molecule has 0 radical (unpaired) electrons. The molecule has 0 spiro atoms. The highest BCUT2D eigenvalue weighted by Gasteiger charge is 2.27. The highest BCUT2D eigenvalue weighted by molar-refractivity contribution is 7.89. The first kappa shape index (κ1) is 24.4. The summed E-state index contributed by atoms with van der Waals surface area (Å²) in [6.45, 7) is 5.70. The predicted octanol–water partition coefficient (Wildman–Crippen LogP) is 2.10. The molecule has 0 bridgehead atoms. The number of hydrogen-bond donors (Lipinski definition) is 1. The SMILES string of the molecule is Cc1ccccc1CC(=O)N1CCN(CC(=O)Nc2cccc(S(=O)(=O)N3CCCC3)c2)CC1. The zero-order chi connectivity index (χ0) is 24.1. The van der Waals surface area contributed by atoms with E-state index in [-0.39, 0.29) is 23.3 Å². The number of nitrogens with one attached hydrogen (secondary N) is 1. The topological polar surface area (TPSA) is 90.0 Å². The van der Waals surface area contributed by atoms with Crippen molar-refractivity contribution in [1.29, 1.82) is 0 Å². The minimum atomic E-state index is -3.53. The second kappa shape index (κ2) is 10.7. The number of hydrogen-bond acceptors (Lipinski definition) is 5. The molecular weight excluding hydrogens is 452 g/mol. The first-order valence-electron chi connectivity index (χ1n) is 11.8. The zero-order valence-electron chi connectivity index (χ0n) is 19.6. The van der Waals surface area contributed by atoms with Crippen molar-refractivity contribution in [2.75, 3.05) is 51.1 Å². The molecule has 2 fully saturated rings. The molecule has 9 heteroatoms. The van der Waals surface area contributed by atoms with Crippen LogP contribution in [-0.2, 0) is 26.0 Å². The number of rotatable bonds is 7. The van der Waals surface area contributed by atoms with E-state index in [1.165, 1.54) is 10.4 Å². The van der Waals surface area contributed by atoms with Gasteiger partial charge in [0.05, 0.1) is 17.9 Å². The predicted molar refractivity (Wildman–Crippen MR) is 131 cm³/mol. The maximum atomic E-state index is 12.8. The molecule has 182 valence electrons. The number of anilines is 1. The number of carbonyl (C=O) groups excluding carboxylic acids is 2. The van der Waals surface area contributed by atoms with Crippen LogP contribution in [0.15, 0.2) is 53.4 Å². The smallest absolute Gasteiger partial charge is 0.243 e. The second-order valence-electron chi connectivity index (χ2n) is 8.95. The van der Waals surface area contributed by atoms with Crippen LogP contribution in [0.5, 0.6) is 0 Å². The van der Waals surface area contributed by atoms with Crippen LogP contribution in [0.2, 0.25) is 0 Å². The standard InChI is InChI=1S/C25H32N4O4S/c1-20-7-2-3-8-21(20)17-25(31)28-15-13-27(14-16-28)19-24(30)26-22-9-6-10-23(18-22)34(32,33)29-11-4-5-12-29/h2-3,6-10,18H,4-5,11-17,19H2,1H3,(H,26,30). The third kappa shape index (κ3) is 5.84. The molecule has 0 unspecified atom stereocenters. The van der Waals surface area contributed by atoms with Crippen molar-refractivity contribution >= 4 is 27.5 Å². The lowest BCUT2D eigenvalue weighted by atomic mass is 10.1. The highest BCUT2D eigenvalue weighted by Crippen LogP contribution is 2.23. The lowest BCUT2D eigenvalue weighted by Crippen LogP contribution is -2.50. The number of carbonyl (C=O) groups is 2. The molecule has 34 heavy (non-hydrogen) atoms. The maximum absolute atomic E-state index is 12.8. The van der Waals surface area contributed by atoms with Crippen LogP contribution in [-0.4, -0.2) is 80.2 Å². The third-order valence-corrected chi connectivity index (χ3v) is 8.41. The van der Waals surface area contributed by atoms with E-state index in [0.717, 1.165) is 24.0 Å². The number of piperazine rings is 1. The molecule has 2 amide bonds. The van der Waals surface area contributed by atoms with Crippen molar-refractivity contribution in [3.63, 3.8) is 0 Å². The summed E-state index contributed by atoms with van der Waals surface area (Å²) in [5.74, 6) is -0.0927. The van der Waals surface area contributed by atoms with Crippen molar-refractivity contribution in [3.8, 4) is 0 Å². The van der Waals surface area contributed by atoms with Gasteiger partial charge in [0.1, 0.15) is 0 Å². The van der Waals surface area contributed by atoms with Gasteiger partial charge in [-0.3, -0.25) is 14.5 Å². The summed E-state index contributed by atoms with van der Waals surface area (Å²) in [7, 11) is -3.53. The number of benzene rings is 2. The molecule has 2 aromatic rings. The van der Waals surface area contributed by atoms with E-state index in [2.05, 4.69) is 5.32 Å². The summed E-state index contributed by atoms with van der Waals surface area (Å²) in [5, 5.41) is 2.82. The van der Waals surface area contributed by atoms with Crippen LogP contribution in [0.3, 0.4) is 0 Å². The Morgan fingerprint density at radius 3 is 2.32 bits per heavy atom. The van der Waals surface area contributed by atoms with E-state index in [0.29, 0.717) is 51.4 Å². The Balaban J connectivity index is 1.27. The van der Waals surface area contributed by atoms with Gasteiger partial charge in [0.2, 0.25) is 21.8 Å². The van der Waals surface area contributed by atoms with Crippen LogP contribution in [0.1, 0.15) is 24.0 Å². The molecule has 4 rings (SSSR count). The van der Waals surface area contributed by atoms with Crippen LogP contribution in [0, 0.1) is 6.92 Å². The second-order valence-corrected chi connectivity index (χ2v) is 10.9. The fraction of sp³-hybridized carbons (Fsp3) is 0.440. The molecule has 0 atom stereocenters. The summed E-state index contributed by atoms with van der Waals surface area (Å²) in [6, 6.07) is 14.3. The zero-order valence-corrected chi connectivity index (χ0v) is 20.4. The van der Waals surface area contributed by atoms with Gasteiger partial charge in [0.15, 0.2) is 0 Å². The summed E-state index contributed by atoms with van der Waals surface area (Å²) < 4.78 is 27.1. The molecule has 8 nitrogen and oxygen atoms in total. The largest absolute Gasteiger partial charge is 0.340 e. The molecule has 2 aromatic carbocycles. The normalized spacial score (nSPS) is 17.6. The van der Waals surface area contributed by atoms with Crippen LogP contribution < -0.4 is 5.32 Å².